The average Bonchev–Trinajstić information content (AvgIpc) is 3.11. The summed E-state index contributed by atoms with van der Waals surface area (Å²) in [7, 11) is 0. The van der Waals surface area contributed by atoms with E-state index < -0.39 is 16.8 Å². The Bertz CT molecular complexity index is 1080. The summed E-state index contributed by atoms with van der Waals surface area (Å²) >= 11 is 9.80. The van der Waals surface area contributed by atoms with Crippen molar-refractivity contribution in [3.63, 3.8) is 0 Å². The van der Waals surface area contributed by atoms with Crippen LogP contribution in [-0.4, -0.2) is 22.3 Å². The molecule has 4 aliphatic rings. The summed E-state index contributed by atoms with van der Waals surface area (Å²) in [6.45, 7) is 0.634. The van der Waals surface area contributed by atoms with Crippen LogP contribution in [0.3, 0.4) is 0 Å². The predicted molar refractivity (Wildman–Crippen MR) is 117 cm³/mol. The van der Waals surface area contributed by atoms with Crippen molar-refractivity contribution in [2.45, 2.75) is 36.1 Å². The third-order valence-electron chi connectivity index (χ3n) is 7.39. The lowest BCUT2D eigenvalue weighted by Crippen LogP contribution is -2.63. The molecule has 6 rings (SSSR count). The molecule has 1 saturated carbocycles. The Labute approximate surface area is 188 Å². The number of halogens is 2. The van der Waals surface area contributed by atoms with Gasteiger partial charge in [0.05, 0.1) is 11.6 Å². The molecule has 2 aromatic rings. The molecule has 3 heterocycles. The molecule has 154 valence electrons. The largest absolute Gasteiger partial charge is 0.477 e. The Morgan fingerprint density at radius 3 is 2.67 bits per heavy atom. The summed E-state index contributed by atoms with van der Waals surface area (Å²) in [4.78, 5) is 4.59. The number of benzene rings is 1. The number of rotatable bonds is 2. The molecule has 0 amide bonds. The fourth-order valence-corrected chi connectivity index (χ4v) is 6.48. The van der Waals surface area contributed by atoms with Crippen LogP contribution in [0.15, 0.2) is 65.3 Å². The van der Waals surface area contributed by atoms with Gasteiger partial charge in [-0.2, -0.15) is 0 Å². The first-order valence-electron chi connectivity index (χ1n) is 10.3. The molecule has 2 aliphatic carbocycles. The lowest BCUT2D eigenvalue weighted by atomic mass is 9.67. The van der Waals surface area contributed by atoms with Gasteiger partial charge in [0.1, 0.15) is 17.0 Å². The highest BCUT2D eigenvalue weighted by atomic mass is 79.9. The maximum absolute atomic E-state index is 12.6. The van der Waals surface area contributed by atoms with Gasteiger partial charge in [-0.05, 0) is 36.5 Å². The number of allylic oxidation sites excluding steroid dienone is 4. The molecule has 0 radical (unpaired) electrons. The second kappa shape index (κ2) is 6.42. The first-order valence-corrected chi connectivity index (χ1v) is 11.5. The first-order chi connectivity index (χ1) is 14.5. The van der Waals surface area contributed by atoms with Crippen LogP contribution in [0.5, 0.6) is 5.75 Å². The van der Waals surface area contributed by atoms with Gasteiger partial charge in [-0.1, -0.05) is 64.0 Å². The summed E-state index contributed by atoms with van der Waals surface area (Å²) < 4.78 is 14.0. The molecule has 6 heteroatoms. The van der Waals surface area contributed by atoms with E-state index in [1.165, 1.54) is 0 Å². The van der Waals surface area contributed by atoms with Gasteiger partial charge in [-0.25, -0.2) is 0 Å². The fourth-order valence-electron chi connectivity index (χ4n) is 6.06. The van der Waals surface area contributed by atoms with Crippen LogP contribution in [0.1, 0.15) is 30.5 Å². The van der Waals surface area contributed by atoms with E-state index >= 15 is 0 Å². The summed E-state index contributed by atoms with van der Waals surface area (Å²) in [6, 6.07) is 9.83. The lowest BCUT2D eigenvalue weighted by Gasteiger charge is -2.50. The highest BCUT2D eigenvalue weighted by molar-refractivity contribution is 9.10. The van der Waals surface area contributed by atoms with E-state index in [2.05, 4.69) is 45.2 Å². The van der Waals surface area contributed by atoms with E-state index in [9.17, 15) is 5.11 Å². The summed E-state index contributed by atoms with van der Waals surface area (Å²) in [5.74, 6) is 0.777. The maximum atomic E-state index is 12.6. The van der Waals surface area contributed by atoms with Gasteiger partial charge < -0.3 is 14.6 Å². The van der Waals surface area contributed by atoms with E-state index in [1.54, 1.807) is 12.3 Å². The van der Waals surface area contributed by atoms with Crippen LogP contribution in [-0.2, 0) is 15.9 Å². The molecular weight excluding hydrogens is 466 g/mol. The van der Waals surface area contributed by atoms with Crippen LogP contribution in [0.4, 0.5) is 0 Å². The highest BCUT2D eigenvalue weighted by Gasteiger charge is 2.81. The topological polar surface area (TPSA) is 51.6 Å². The minimum absolute atomic E-state index is 0.0122. The van der Waals surface area contributed by atoms with Gasteiger partial charge in [-0.3, -0.25) is 4.98 Å². The standard InChI is InChI=1S/C24H21BrClNO3/c25-17-8-6-16(7-9-17)23-19(15-4-2-1-3-5-15)13-22(10-11-29-22)24(23,28)21-20(30-23)12-18(26)14-27-21/h1-4,6-9,12,14-15,19,28H,5,10-11,13H2/t15?,19-,22-,23-,24-/m0/s1. The fraction of sp³-hybridized carbons (Fsp3) is 0.375. The summed E-state index contributed by atoms with van der Waals surface area (Å²) in [5.41, 5.74) is -1.65. The zero-order valence-corrected chi connectivity index (χ0v) is 18.6. The summed E-state index contributed by atoms with van der Waals surface area (Å²) in [5, 5.41) is 13.1. The van der Waals surface area contributed by atoms with Crippen LogP contribution < -0.4 is 4.74 Å². The van der Waals surface area contributed by atoms with E-state index in [-0.39, 0.29) is 11.8 Å². The molecule has 1 N–H and O–H groups in total. The zero-order valence-electron chi connectivity index (χ0n) is 16.2. The lowest BCUT2D eigenvalue weighted by molar-refractivity contribution is -0.271. The normalized spacial score (nSPS) is 38.2. The number of aliphatic hydroxyl groups is 1. The molecule has 0 bridgehead atoms. The molecule has 1 unspecified atom stereocenters. The van der Waals surface area contributed by atoms with Gasteiger partial charge in [0.2, 0.25) is 0 Å². The van der Waals surface area contributed by atoms with Crippen molar-refractivity contribution in [3.8, 4) is 5.75 Å². The minimum Gasteiger partial charge on any atom is -0.477 e. The van der Waals surface area contributed by atoms with E-state index in [4.69, 9.17) is 21.1 Å². The number of hydrogen-bond acceptors (Lipinski definition) is 4. The van der Waals surface area contributed by atoms with Gasteiger partial charge in [0.15, 0.2) is 11.2 Å². The van der Waals surface area contributed by atoms with Crippen molar-refractivity contribution < 1.29 is 14.6 Å². The molecule has 4 nitrogen and oxygen atoms in total. The smallest absolute Gasteiger partial charge is 0.183 e. The van der Waals surface area contributed by atoms with E-state index in [1.807, 2.05) is 24.3 Å². The Balaban J connectivity index is 1.63. The molecule has 1 aromatic heterocycles. The van der Waals surface area contributed by atoms with E-state index in [0.717, 1.165) is 22.9 Å². The number of pyridine rings is 1. The van der Waals surface area contributed by atoms with Crippen LogP contribution in [0.2, 0.25) is 5.02 Å². The molecule has 1 saturated heterocycles. The van der Waals surface area contributed by atoms with Gasteiger partial charge in [-0.15, -0.1) is 0 Å². The Morgan fingerprint density at radius 2 is 2.00 bits per heavy atom. The van der Waals surface area contributed by atoms with Crippen molar-refractivity contribution in [2.24, 2.45) is 11.8 Å². The van der Waals surface area contributed by atoms with Gasteiger partial charge in [0.25, 0.3) is 0 Å². The third-order valence-corrected chi connectivity index (χ3v) is 8.12. The van der Waals surface area contributed by atoms with Crippen molar-refractivity contribution in [1.82, 2.24) is 4.98 Å². The maximum Gasteiger partial charge on any atom is 0.183 e. The molecule has 5 atom stereocenters. The third kappa shape index (κ3) is 2.22. The molecule has 2 aliphatic heterocycles. The second-order valence-corrected chi connectivity index (χ2v) is 10.0. The van der Waals surface area contributed by atoms with Crippen LogP contribution in [0.25, 0.3) is 0 Å². The minimum atomic E-state index is -1.40. The van der Waals surface area contributed by atoms with E-state index in [0.29, 0.717) is 29.5 Å². The quantitative estimate of drug-likeness (QED) is 0.627. The Morgan fingerprint density at radius 1 is 1.20 bits per heavy atom. The molecule has 2 fully saturated rings. The van der Waals surface area contributed by atoms with Crippen molar-refractivity contribution in [1.29, 1.82) is 0 Å². The van der Waals surface area contributed by atoms with Crippen LogP contribution in [0, 0.1) is 11.8 Å². The van der Waals surface area contributed by atoms with Gasteiger partial charge in [0, 0.05) is 29.1 Å². The number of fused-ring (bicyclic) bond motifs is 4. The first kappa shape index (κ1) is 19.1. The highest BCUT2D eigenvalue weighted by Crippen LogP contribution is 2.72. The molecule has 30 heavy (non-hydrogen) atoms. The average molecular weight is 487 g/mol. The molecular formula is C24H21BrClNO3. The van der Waals surface area contributed by atoms with Crippen LogP contribution >= 0.6 is 27.5 Å². The number of aromatic nitrogens is 1. The van der Waals surface area contributed by atoms with Crippen molar-refractivity contribution in [2.75, 3.05) is 6.61 Å². The molecule has 1 spiro atoms. The zero-order chi connectivity index (χ0) is 20.6. The number of ether oxygens (including phenoxy) is 2. The summed E-state index contributed by atoms with van der Waals surface area (Å²) in [6.07, 6.45) is 12.6. The number of hydrogen-bond donors (Lipinski definition) is 1. The molecule has 1 aromatic carbocycles. The van der Waals surface area contributed by atoms with Crippen molar-refractivity contribution in [3.05, 3.63) is 81.6 Å². The Hall–Kier alpha value is -1.66. The second-order valence-electron chi connectivity index (χ2n) is 8.67. The van der Waals surface area contributed by atoms with Gasteiger partial charge >= 0.3 is 0 Å². The Kier molecular flexibility index (Phi) is 4.08. The van der Waals surface area contributed by atoms with Crippen molar-refractivity contribution >= 4 is 27.5 Å². The monoisotopic (exact) mass is 485 g/mol. The predicted octanol–water partition coefficient (Wildman–Crippen LogP) is 5.28. The SMILES string of the molecule is O[C@]12c3ncc(Cl)cc3O[C@@]1(c1ccc(Br)cc1)[C@H](C1C=CC=CC1)C[C@@]21CCO1. The number of nitrogens with zero attached hydrogens (tertiary/aromatic N) is 1.